The van der Waals surface area contributed by atoms with Crippen LogP contribution in [-0.2, 0) is 11.3 Å². The molecule has 1 aromatic heterocycles. The number of carbonyl (C=O) groups is 1. The minimum Gasteiger partial charge on any atom is -0.374 e. The van der Waals surface area contributed by atoms with Crippen molar-refractivity contribution in [2.24, 2.45) is 5.92 Å². The van der Waals surface area contributed by atoms with E-state index in [-0.39, 0.29) is 17.8 Å². The summed E-state index contributed by atoms with van der Waals surface area (Å²) >= 11 is 0. The number of ketones is 1. The van der Waals surface area contributed by atoms with Crippen LogP contribution in [0.3, 0.4) is 0 Å². The lowest BCUT2D eigenvalue weighted by atomic mass is 10.0. The number of aromatic nitrogens is 1. The lowest BCUT2D eigenvalue weighted by Gasteiger charge is -2.30. The number of hydrogen-bond acceptors (Lipinski definition) is 3. The molecule has 2 heterocycles. The van der Waals surface area contributed by atoms with Crippen LogP contribution in [0.25, 0.3) is 0 Å². The topological polar surface area (TPSA) is 34.5 Å². The largest absolute Gasteiger partial charge is 0.374 e. The summed E-state index contributed by atoms with van der Waals surface area (Å²) in [5.74, 6) is 0.258. The first-order valence-corrected chi connectivity index (χ1v) is 6.56. The molecule has 0 bridgehead atoms. The Morgan fingerprint density at radius 2 is 2.33 bits per heavy atom. The van der Waals surface area contributed by atoms with Gasteiger partial charge in [0.1, 0.15) is 0 Å². The van der Waals surface area contributed by atoms with E-state index in [1.807, 2.05) is 32.3 Å². The molecule has 0 N–H and O–H groups in total. The fourth-order valence-electron chi connectivity index (χ4n) is 2.25. The summed E-state index contributed by atoms with van der Waals surface area (Å²) in [7, 11) is 2.11. The van der Waals surface area contributed by atoms with Crippen LogP contribution in [-0.4, -0.2) is 48.1 Å². The van der Waals surface area contributed by atoms with Gasteiger partial charge in [0.25, 0.3) is 0 Å². The lowest BCUT2D eigenvalue weighted by Crippen LogP contribution is -2.41. The lowest BCUT2D eigenvalue weighted by molar-refractivity contribution is -0.0274. The molecule has 0 radical (unpaired) electrons. The molecule has 0 aliphatic carbocycles. The molecule has 1 fully saturated rings. The molecule has 0 aromatic carbocycles. The first kappa shape index (κ1) is 13.3. The first-order valence-electron chi connectivity index (χ1n) is 6.56. The molecule has 2 rings (SSSR count). The average molecular weight is 250 g/mol. The number of hydrogen-bond donors (Lipinski definition) is 0. The summed E-state index contributed by atoms with van der Waals surface area (Å²) in [6.45, 7) is 7.42. The molecule has 4 heteroatoms. The zero-order valence-electron chi connectivity index (χ0n) is 11.4. The molecule has 100 valence electrons. The molecular weight excluding hydrogens is 228 g/mol. The third-order valence-electron chi connectivity index (χ3n) is 3.32. The van der Waals surface area contributed by atoms with Crippen molar-refractivity contribution in [2.45, 2.75) is 26.5 Å². The van der Waals surface area contributed by atoms with Gasteiger partial charge in [-0.25, -0.2) is 0 Å². The highest BCUT2D eigenvalue weighted by Gasteiger charge is 2.18. The second kappa shape index (κ2) is 5.67. The molecule has 0 spiro atoms. The maximum absolute atomic E-state index is 11.8. The van der Waals surface area contributed by atoms with Gasteiger partial charge in [-0.2, -0.15) is 0 Å². The highest BCUT2D eigenvalue weighted by atomic mass is 16.5. The highest BCUT2D eigenvalue weighted by molar-refractivity contribution is 5.97. The molecule has 1 aliphatic rings. The molecule has 18 heavy (non-hydrogen) atoms. The van der Waals surface area contributed by atoms with E-state index in [0.717, 1.165) is 31.8 Å². The minimum absolute atomic E-state index is 0.0536. The molecule has 1 unspecified atom stereocenters. The first-order chi connectivity index (χ1) is 8.56. The van der Waals surface area contributed by atoms with Crippen LogP contribution in [0.1, 0.15) is 24.2 Å². The van der Waals surface area contributed by atoms with Crippen LogP contribution in [0.4, 0.5) is 0 Å². The predicted octanol–water partition coefficient (Wildman–Crippen LogP) is 1.66. The summed E-state index contributed by atoms with van der Waals surface area (Å²) in [5.41, 5.74) is 0.800. The number of morpholine rings is 1. The smallest absolute Gasteiger partial charge is 0.166 e. The van der Waals surface area contributed by atoms with E-state index in [4.69, 9.17) is 4.74 Å². The zero-order chi connectivity index (χ0) is 13.1. The number of ether oxygens (including phenoxy) is 1. The van der Waals surface area contributed by atoms with Gasteiger partial charge in [-0.15, -0.1) is 0 Å². The summed E-state index contributed by atoms with van der Waals surface area (Å²) in [4.78, 5) is 14.1. The van der Waals surface area contributed by atoms with Gasteiger partial charge in [0.15, 0.2) is 5.78 Å². The van der Waals surface area contributed by atoms with Crippen LogP contribution in [0.5, 0.6) is 0 Å². The number of rotatable bonds is 4. The van der Waals surface area contributed by atoms with E-state index >= 15 is 0 Å². The van der Waals surface area contributed by atoms with Crippen molar-refractivity contribution in [1.29, 1.82) is 0 Å². The van der Waals surface area contributed by atoms with Crippen molar-refractivity contribution in [1.82, 2.24) is 9.47 Å². The fraction of sp³-hybridized carbons (Fsp3) is 0.643. The Balaban J connectivity index is 1.96. The SMILES string of the molecule is CC(C)C(=O)c1ccn(CC2CN(C)CCO2)c1. The molecule has 1 saturated heterocycles. The molecule has 1 aromatic rings. The number of likely N-dealkylation sites (N-methyl/N-ethyl adjacent to an activating group) is 1. The van der Waals surface area contributed by atoms with Crippen molar-refractivity contribution < 1.29 is 9.53 Å². The highest BCUT2D eigenvalue weighted by Crippen LogP contribution is 2.11. The molecule has 0 saturated carbocycles. The van der Waals surface area contributed by atoms with Crippen molar-refractivity contribution in [3.63, 3.8) is 0 Å². The Morgan fingerprint density at radius 3 is 3.00 bits per heavy atom. The summed E-state index contributed by atoms with van der Waals surface area (Å²) in [6, 6.07) is 1.90. The van der Waals surface area contributed by atoms with Crippen molar-refractivity contribution in [3.8, 4) is 0 Å². The number of carbonyl (C=O) groups excluding carboxylic acids is 1. The zero-order valence-corrected chi connectivity index (χ0v) is 11.4. The van der Waals surface area contributed by atoms with Gasteiger partial charge in [0.2, 0.25) is 0 Å². The monoisotopic (exact) mass is 250 g/mol. The van der Waals surface area contributed by atoms with Gasteiger partial charge < -0.3 is 14.2 Å². The van der Waals surface area contributed by atoms with Gasteiger partial charge in [-0.1, -0.05) is 13.8 Å². The van der Waals surface area contributed by atoms with Crippen LogP contribution >= 0.6 is 0 Å². The Morgan fingerprint density at radius 1 is 1.56 bits per heavy atom. The Kier molecular flexibility index (Phi) is 4.19. The standard InChI is InChI=1S/C14H22N2O2/c1-11(2)14(17)12-4-5-16(8-12)10-13-9-15(3)6-7-18-13/h4-5,8,11,13H,6-7,9-10H2,1-3H3. The van der Waals surface area contributed by atoms with Crippen LogP contribution in [0.2, 0.25) is 0 Å². The van der Waals surface area contributed by atoms with Crippen molar-refractivity contribution in [2.75, 3.05) is 26.7 Å². The third-order valence-corrected chi connectivity index (χ3v) is 3.32. The minimum atomic E-state index is 0.0536. The van der Waals surface area contributed by atoms with E-state index < -0.39 is 0 Å². The third kappa shape index (κ3) is 3.21. The van der Waals surface area contributed by atoms with Crippen molar-refractivity contribution >= 4 is 5.78 Å². The Bertz CT molecular complexity index is 412. The predicted molar refractivity (Wildman–Crippen MR) is 70.8 cm³/mol. The second-order valence-corrected chi connectivity index (χ2v) is 5.37. The van der Waals surface area contributed by atoms with Gasteiger partial charge in [-0.05, 0) is 13.1 Å². The number of Topliss-reactive ketones (excluding diaryl/α,β-unsaturated/α-hetero) is 1. The van der Waals surface area contributed by atoms with E-state index in [1.54, 1.807) is 0 Å². The van der Waals surface area contributed by atoms with E-state index in [1.165, 1.54) is 0 Å². The summed E-state index contributed by atoms with van der Waals surface area (Å²) < 4.78 is 7.78. The van der Waals surface area contributed by atoms with E-state index in [9.17, 15) is 4.79 Å². The van der Waals surface area contributed by atoms with Crippen LogP contribution in [0, 0.1) is 5.92 Å². The van der Waals surface area contributed by atoms with Gasteiger partial charge in [0, 0.05) is 43.5 Å². The average Bonchev–Trinajstić information content (AvgIpc) is 2.76. The van der Waals surface area contributed by atoms with Gasteiger partial charge in [-0.3, -0.25) is 4.79 Å². The van der Waals surface area contributed by atoms with Crippen LogP contribution in [0.15, 0.2) is 18.5 Å². The molecule has 0 amide bonds. The van der Waals surface area contributed by atoms with Crippen LogP contribution < -0.4 is 0 Å². The Hall–Kier alpha value is -1.13. The number of nitrogens with zero attached hydrogens (tertiary/aromatic N) is 2. The van der Waals surface area contributed by atoms with E-state index in [2.05, 4.69) is 16.5 Å². The summed E-state index contributed by atoms with van der Waals surface area (Å²) in [5, 5.41) is 0. The van der Waals surface area contributed by atoms with Gasteiger partial charge >= 0.3 is 0 Å². The maximum Gasteiger partial charge on any atom is 0.166 e. The second-order valence-electron chi connectivity index (χ2n) is 5.37. The summed E-state index contributed by atoms with van der Waals surface area (Å²) in [6.07, 6.45) is 4.12. The normalized spacial score (nSPS) is 21.4. The molecule has 1 atom stereocenters. The quantitative estimate of drug-likeness (QED) is 0.762. The molecule has 1 aliphatic heterocycles. The fourth-order valence-corrected chi connectivity index (χ4v) is 2.25. The maximum atomic E-state index is 11.8. The molecular formula is C14H22N2O2. The van der Waals surface area contributed by atoms with E-state index in [0.29, 0.717) is 0 Å². The molecule has 4 nitrogen and oxygen atoms in total. The van der Waals surface area contributed by atoms with Gasteiger partial charge in [0.05, 0.1) is 12.7 Å². The van der Waals surface area contributed by atoms with Crippen molar-refractivity contribution in [3.05, 3.63) is 24.0 Å². The Labute approximate surface area is 109 Å².